The second-order valence-electron chi connectivity index (χ2n) is 6.69. The quantitative estimate of drug-likeness (QED) is 0.431. The molecule has 0 atom stereocenters. The standard InChI is InChI=1S/C22H17ClN2O5S/c1-3-29-18(26)10-25-19-12(2)15(23)8-9-17(19)31-22(25)24-21(28)14-11-30-16-7-5-4-6-13(16)20(14)27/h4-9,11H,3,10H2,1-2H3. The number of nitrogens with zero attached hydrogens (tertiary/aromatic N) is 2. The molecule has 4 aromatic rings. The van der Waals surface area contributed by atoms with E-state index in [-0.39, 0.29) is 23.5 Å². The van der Waals surface area contributed by atoms with Gasteiger partial charge in [-0.3, -0.25) is 14.4 Å². The summed E-state index contributed by atoms with van der Waals surface area (Å²) in [7, 11) is 0. The fourth-order valence-corrected chi connectivity index (χ4v) is 4.50. The minimum atomic E-state index is -0.757. The van der Waals surface area contributed by atoms with Crippen LogP contribution in [0.1, 0.15) is 22.8 Å². The number of halogens is 1. The number of amides is 1. The normalized spacial score (nSPS) is 11.9. The van der Waals surface area contributed by atoms with E-state index in [9.17, 15) is 14.4 Å². The van der Waals surface area contributed by atoms with Crippen molar-refractivity contribution in [3.63, 3.8) is 0 Å². The van der Waals surface area contributed by atoms with Gasteiger partial charge in [0.25, 0.3) is 5.91 Å². The van der Waals surface area contributed by atoms with E-state index in [0.717, 1.165) is 16.5 Å². The van der Waals surface area contributed by atoms with Crippen LogP contribution < -0.4 is 10.2 Å². The van der Waals surface area contributed by atoms with Gasteiger partial charge in [-0.15, -0.1) is 0 Å². The Morgan fingerprint density at radius 3 is 2.77 bits per heavy atom. The molecule has 0 saturated carbocycles. The summed E-state index contributed by atoms with van der Waals surface area (Å²) in [5.41, 5.74) is 1.16. The van der Waals surface area contributed by atoms with E-state index in [4.69, 9.17) is 20.8 Å². The van der Waals surface area contributed by atoms with Gasteiger partial charge in [-0.25, -0.2) is 0 Å². The summed E-state index contributed by atoms with van der Waals surface area (Å²) in [6, 6.07) is 10.2. The van der Waals surface area contributed by atoms with Crippen molar-refractivity contribution in [2.75, 3.05) is 6.61 Å². The number of hydrogen-bond acceptors (Lipinski definition) is 6. The second kappa shape index (κ2) is 8.49. The number of carbonyl (C=O) groups is 2. The Kier molecular flexibility index (Phi) is 5.75. The number of ether oxygens (including phenoxy) is 1. The first-order chi connectivity index (χ1) is 14.9. The number of fused-ring (bicyclic) bond motifs is 2. The third-order valence-electron chi connectivity index (χ3n) is 4.73. The molecule has 0 aliphatic rings. The topological polar surface area (TPSA) is 90.9 Å². The van der Waals surface area contributed by atoms with Gasteiger partial charge in [0.2, 0.25) is 5.43 Å². The molecule has 2 heterocycles. The van der Waals surface area contributed by atoms with Gasteiger partial charge in [0.15, 0.2) is 4.80 Å². The molecule has 0 fully saturated rings. The summed E-state index contributed by atoms with van der Waals surface area (Å²) in [5, 5.41) is 0.817. The summed E-state index contributed by atoms with van der Waals surface area (Å²) in [6.45, 7) is 3.62. The van der Waals surface area contributed by atoms with Gasteiger partial charge in [-0.05, 0) is 43.7 Å². The lowest BCUT2D eigenvalue weighted by atomic mass is 10.1. The van der Waals surface area contributed by atoms with Gasteiger partial charge < -0.3 is 13.7 Å². The van der Waals surface area contributed by atoms with Crippen LogP contribution >= 0.6 is 22.9 Å². The van der Waals surface area contributed by atoms with Crippen LogP contribution in [0.2, 0.25) is 5.02 Å². The van der Waals surface area contributed by atoms with Crippen molar-refractivity contribution in [3.05, 3.63) is 73.8 Å². The van der Waals surface area contributed by atoms with Crippen molar-refractivity contribution < 1.29 is 18.7 Å². The first kappa shape index (κ1) is 21.0. The molecule has 2 aromatic carbocycles. The van der Waals surface area contributed by atoms with Gasteiger partial charge >= 0.3 is 5.97 Å². The first-order valence-corrected chi connectivity index (χ1v) is 10.6. The Morgan fingerprint density at radius 1 is 1.23 bits per heavy atom. The van der Waals surface area contributed by atoms with Crippen LogP contribution in [-0.4, -0.2) is 23.1 Å². The zero-order chi connectivity index (χ0) is 22.1. The van der Waals surface area contributed by atoms with Crippen molar-refractivity contribution >= 4 is 56.0 Å². The maximum atomic E-state index is 12.9. The number of thiazole rings is 1. The number of hydrogen-bond donors (Lipinski definition) is 0. The zero-order valence-electron chi connectivity index (χ0n) is 16.7. The highest BCUT2D eigenvalue weighted by Crippen LogP contribution is 2.27. The third kappa shape index (κ3) is 3.92. The molecule has 4 rings (SSSR count). The third-order valence-corrected chi connectivity index (χ3v) is 6.18. The van der Waals surface area contributed by atoms with Crippen LogP contribution in [0.25, 0.3) is 21.2 Å². The number of para-hydroxylation sites is 1. The van der Waals surface area contributed by atoms with Crippen LogP contribution in [0.4, 0.5) is 0 Å². The zero-order valence-corrected chi connectivity index (χ0v) is 18.2. The Balaban J connectivity index is 1.90. The number of benzene rings is 2. The fraction of sp³-hybridized carbons (Fsp3) is 0.182. The highest BCUT2D eigenvalue weighted by atomic mass is 35.5. The van der Waals surface area contributed by atoms with E-state index in [1.165, 1.54) is 11.3 Å². The summed E-state index contributed by atoms with van der Waals surface area (Å²) >= 11 is 7.48. The average molecular weight is 457 g/mol. The van der Waals surface area contributed by atoms with Crippen LogP contribution in [0.3, 0.4) is 0 Å². The Labute approximate surface area is 185 Å². The van der Waals surface area contributed by atoms with Gasteiger partial charge in [-0.1, -0.05) is 35.1 Å². The fourth-order valence-electron chi connectivity index (χ4n) is 3.26. The molecule has 0 aliphatic carbocycles. The first-order valence-electron chi connectivity index (χ1n) is 9.44. The minimum Gasteiger partial charge on any atom is -0.465 e. The van der Waals surface area contributed by atoms with Gasteiger partial charge in [-0.2, -0.15) is 4.99 Å². The lowest BCUT2D eigenvalue weighted by Gasteiger charge is -2.08. The van der Waals surface area contributed by atoms with E-state index in [1.54, 1.807) is 47.9 Å². The van der Waals surface area contributed by atoms with Crippen LogP contribution in [0.15, 0.2) is 56.9 Å². The highest BCUT2D eigenvalue weighted by molar-refractivity contribution is 7.16. The van der Waals surface area contributed by atoms with Crippen molar-refractivity contribution in [2.45, 2.75) is 20.4 Å². The van der Waals surface area contributed by atoms with Gasteiger partial charge in [0, 0.05) is 5.02 Å². The second-order valence-corrected chi connectivity index (χ2v) is 8.10. The molecule has 2 aromatic heterocycles. The molecule has 0 radical (unpaired) electrons. The molecule has 0 saturated heterocycles. The predicted octanol–water partition coefficient (Wildman–Crippen LogP) is 4.08. The molecule has 0 spiro atoms. The Morgan fingerprint density at radius 2 is 2.00 bits per heavy atom. The maximum Gasteiger partial charge on any atom is 0.326 e. The Bertz CT molecular complexity index is 1460. The number of aryl methyl sites for hydroxylation is 1. The molecular formula is C22H17ClN2O5S. The van der Waals surface area contributed by atoms with Gasteiger partial charge in [0.1, 0.15) is 24.0 Å². The molecule has 158 valence electrons. The minimum absolute atomic E-state index is 0.145. The smallest absolute Gasteiger partial charge is 0.326 e. The lowest BCUT2D eigenvalue weighted by Crippen LogP contribution is -2.24. The predicted molar refractivity (Wildman–Crippen MR) is 119 cm³/mol. The van der Waals surface area contributed by atoms with E-state index in [0.29, 0.717) is 21.5 Å². The van der Waals surface area contributed by atoms with E-state index < -0.39 is 17.3 Å². The molecule has 0 aliphatic heterocycles. The van der Waals surface area contributed by atoms with E-state index in [2.05, 4.69) is 4.99 Å². The van der Waals surface area contributed by atoms with Crippen molar-refractivity contribution in [1.82, 2.24) is 4.57 Å². The number of rotatable bonds is 4. The molecule has 0 bridgehead atoms. The summed E-state index contributed by atoms with van der Waals surface area (Å²) in [4.78, 5) is 42.2. The van der Waals surface area contributed by atoms with Crippen molar-refractivity contribution in [2.24, 2.45) is 4.99 Å². The largest absolute Gasteiger partial charge is 0.465 e. The van der Waals surface area contributed by atoms with Crippen LogP contribution in [0, 0.1) is 6.92 Å². The molecule has 9 heteroatoms. The molecule has 1 amide bonds. The lowest BCUT2D eigenvalue weighted by molar-refractivity contribution is -0.143. The molecule has 7 nitrogen and oxygen atoms in total. The Hall–Kier alpha value is -3.23. The monoisotopic (exact) mass is 456 g/mol. The summed E-state index contributed by atoms with van der Waals surface area (Å²) in [5.74, 6) is -1.23. The van der Waals surface area contributed by atoms with Gasteiger partial charge in [0.05, 0.1) is 22.2 Å². The van der Waals surface area contributed by atoms with E-state index >= 15 is 0 Å². The maximum absolute atomic E-state index is 12.9. The van der Waals surface area contributed by atoms with E-state index in [1.807, 2.05) is 6.92 Å². The molecule has 31 heavy (non-hydrogen) atoms. The number of carbonyl (C=O) groups excluding carboxylic acids is 2. The SMILES string of the molecule is CCOC(=O)Cn1c(=NC(=O)c2coc3ccccc3c2=O)sc2ccc(Cl)c(C)c21. The van der Waals surface area contributed by atoms with Crippen molar-refractivity contribution in [3.8, 4) is 0 Å². The molecule has 0 N–H and O–H groups in total. The molecular weight excluding hydrogens is 440 g/mol. The highest BCUT2D eigenvalue weighted by Gasteiger charge is 2.18. The number of esters is 1. The van der Waals surface area contributed by atoms with Crippen molar-refractivity contribution in [1.29, 1.82) is 0 Å². The number of aromatic nitrogens is 1. The summed E-state index contributed by atoms with van der Waals surface area (Å²) in [6.07, 6.45) is 1.11. The molecule has 0 unspecified atom stereocenters. The average Bonchev–Trinajstić information content (AvgIpc) is 3.08. The summed E-state index contributed by atoms with van der Waals surface area (Å²) < 4.78 is 12.9. The van der Waals surface area contributed by atoms with Crippen LogP contribution in [0.5, 0.6) is 0 Å². The van der Waals surface area contributed by atoms with Crippen LogP contribution in [-0.2, 0) is 16.1 Å².